The Morgan fingerprint density at radius 2 is 1.62 bits per heavy atom. The summed E-state index contributed by atoms with van der Waals surface area (Å²) in [6, 6.07) is 15.9. The molecule has 0 fully saturated rings. The van der Waals surface area contributed by atoms with Crippen LogP contribution in [0.2, 0.25) is 0 Å². The fraction of sp³-hybridized carbons (Fsp3) is 0.333. The highest BCUT2D eigenvalue weighted by atomic mass is 32.2. The minimum absolute atomic E-state index is 0.254. The number of anilines is 1. The summed E-state index contributed by atoms with van der Waals surface area (Å²) in [4.78, 5) is 25.1. The van der Waals surface area contributed by atoms with Crippen LogP contribution in [0.15, 0.2) is 53.4 Å². The predicted octanol–water partition coefficient (Wildman–Crippen LogP) is 4.48. The molecule has 4 nitrogen and oxygen atoms in total. The number of benzene rings is 2. The van der Waals surface area contributed by atoms with Gasteiger partial charge in [0, 0.05) is 16.3 Å². The molecule has 0 bridgehead atoms. The summed E-state index contributed by atoms with van der Waals surface area (Å²) in [6.45, 7) is 3.85. The summed E-state index contributed by atoms with van der Waals surface area (Å²) in [5.41, 5.74) is 3.02. The summed E-state index contributed by atoms with van der Waals surface area (Å²) < 4.78 is 5.10. The summed E-state index contributed by atoms with van der Waals surface area (Å²) in [6.07, 6.45) is 1.94. The van der Waals surface area contributed by atoms with Crippen molar-refractivity contribution in [1.29, 1.82) is 0 Å². The SMILES string of the molecule is CCc1cccc(CC)c1NC(=O)COC(=O)CCSc1ccccc1. The van der Waals surface area contributed by atoms with Crippen LogP contribution in [0.5, 0.6) is 0 Å². The summed E-state index contributed by atoms with van der Waals surface area (Å²) >= 11 is 1.59. The van der Waals surface area contributed by atoms with Crippen molar-refractivity contribution in [3.63, 3.8) is 0 Å². The number of aryl methyl sites for hydroxylation is 2. The number of amides is 1. The van der Waals surface area contributed by atoms with Gasteiger partial charge in [-0.15, -0.1) is 11.8 Å². The largest absolute Gasteiger partial charge is 0.456 e. The van der Waals surface area contributed by atoms with Gasteiger partial charge in [0.15, 0.2) is 6.61 Å². The minimum atomic E-state index is -0.358. The predicted molar refractivity (Wildman–Crippen MR) is 107 cm³/mol. The molecule has 0 saturated carbocycles. The van der Waals surface area contributed by atoms with Crippen LogP contribution in [-0.4, -0.2) is 24.2 Å². The van der Waals surface area contributed by atoms with Crippen LogP contribution in [0.1, 0.15) is 31.4 Å². The zero-order valence-electron chi connectivity index (χ0n) is 15.3. The topological polar surface area (TPSA) is 55.4 Å². The first kappa shape index (κ1) is 20.0. The lowest BCUT2D eigenvalue weighted by Crippen LogP contribution is -2.22. The van der Waals surface area contributed by atoms with Gasteiger partial charge in [-0.2, -0.15) is 0 Å². The molecule has 138 valence electrons. The first-order valence-electron chi connectivity index (χ1n) is 8.88. The fourth-order valence-corrected chi connectivity index (χ4v) is 3.42. The van der Waals surface area contributed by atoms with Crippen LogP contribution >= 0.6 is 11.8 Å². The maximum Gasteiger partial charge on any atom is 0.307 e. The molecule has 0 spiro atoms. The molecule has 0 aliphatic heterocycles. The molecule has 1 amide bonds. The zero-order valence-corrected chi connectivity index (χ0v) is 16.1. The molecule has 26 heavy (non-hydrogen) atoms. The third kappa shape index (κ3) is 6.23. The Hall–Kier alpha value is -2.27. The lowest BCUT2D eigenvalue weighted by Gasteiger charge is -2.14. The van der Waals surface area contributed by atoms with Gasteiger partial charge in [-0.25, -0.2) is 0 Å². The smallest absolute Gasteiger partial charge is 0.307 e. The number of nitrogens with one attached hydrogen (secondary N) is 1. The molecule has 0 unspecified atom stereocenters. The number of hydrogen-bond donors (Lipinski definition) is 1. The molecule has 0 aliphatic carbocycles. The maximum atomic E-state index is 12.2. The normalized spacial score (nSPS) is 10.4. The van der Waals surface area contributed by atoms with Gasteiger partial charge in [0.05, 0.1) is 6.42 Å². The van der Waals surface area contributed by atoms with Crippen LogP contribution in [-0.2, 0) is 27.2 Å². The van der Waals surface area contributed by atoms with Crippen molar-refractivity contribution in [2.24, 2.45) is 0 Å². The number of rotatable bonds is 9. The summed E-state index contributed by atoms with van der Waals surface area (Å²) in [5.74, 6) is -0.0314. The Morgan fingerprint density at radius 3 is 2.23 bits per heavy atom. The average molecular weight is 372 g/mol. The molecule has 0 radical (unpaired) electrons. The van der Waals surface area contributed by atoms with Crippen LogP contribution in [0.25, 0.3) is 0 Å². The van der Waals surface area contributed by atoms with E-state index in [0.29, 0.717) is 5.75 Å². The van der Waals surface area contributed by atoms with Crippen molar-refractivity contribution < 1.29 is 14.3 Å². The van der Waals surface area contributed by atoms with Crippen molar-refractivity contribution in [3.05, 3.63) is 59.7 Å². The van der Waals surface area contributed by atoms with E-state index >= 15 is 0 Å². The highest BCUT2D eigenvalue weighted by Gasteiger charge is 2.12. The molecule has 1 N–H and O–H groups in total. The molecule has 0 atom stereocenters. The molecule has 0 saturated heterocycles. The molecular formula is C21H25NO3S. The van der Waals surface area contributed by atoms with E-state index in [-0.39, 0.29) is 24.9 Å². The first-order valence-corrected chi connectivity index (χ1v) is 9.86. The second-order valence-electron chi connectivity index (χ2n) is 5.78. The third-order valence-electron chi connectivity index (χ3n) is 3.95. The van der Waals surface area contributed by atoms with Gasteiger partial charge in [-0.3, -0.25) is 9.59 Å². The van der Waals surface area contributed by atoms with E-state index in [4.69, 9.17) is 4.74 Å². The van der Waals surface area contributed by atoms with Gasteiger partial charge in [0.25, 0.3) is 5.91 Å². The quantitative estimate of drug-likeness (QED) is 0.522. The number of ether oxygens (including phenoxy) is 1. The van der Waals surface area contributed by atoms with Gasteiger partial charge in [0.1, 0.15) is 0 Å². The molecule has 2 aromatic carbocycles. The molecular weight excluding hydrogens is 346 g/mol. The highest BCUT2D eigenvalue weighted by Crippen LogP contribution is 2.22. The van der Waals surface area contributed by atoms with Crippen LogP contribution in [0.3, 0.4) is 0 Å². The summed E-state index contributed by atoms with van der Waals surface area (Å²) in [5, 5.41) is 2.90. The Morgan fingerprint density at radius 1 is 0.962 bits per heavy atom. The number of para-hydroxylation sites is 1. The van der Waals surface area contributed by atoms with Crippen molar-refractivity contribution in [3.8, 4) is 0 Å². The van der Waals surface area contributed by atoms with Crippen LogP contribution < -0.4 is 5.32 Å². The van der Waals surface area contributed by atoms with Crippen molar-refractivity contribution in [2.75, 3.05) is 17.7 Å². The van der Waals surface area contributed by atoms with Crippen molar-refractivity contribution in [1.82, 2.24) is 0 Å². The van der Waals surface area contributed by atoms with E-state index in [2.05, 4.69) is 19.2 Å². The lowest BCUT2D eigenvalue weighted by atomic mass is 10.0. The van der Waals surface area contributed by atoms with E-state index in [9.17, 15) is 9.59 Å². The monoisotopic (exact) mass is 371 g/mol. The maximum absolute atomic E-state index is 12.2. The van der Waals surface area contributed by atoms with Gasteiger partial charge in [-0.1, -0.05) is 50.2 Å². The third-order valence-corrected chi connectivity index (χ3v) is 4.96. The van der Waals surface area contributed by atoms with Crippen LogP contribution in [0.4, 0.5) is 5.69 Å². The summed E-state index contributed by atoms with van der Waals surface area (Å²) in [7, 11) is 0. The molecule has 0 aliphatic rings. The van der Waals surface area contributed by atoms with Gasteiger partial charge >= 0.3 is 5.97 Å². The Kier molecular flexibility index (Phi) is 8.22. The van der Waals surface area contributed by atoms with E-state index < -0.39 is 0 Å². The second kappa shape index (κ2) is 10.7. The van der Waals surface area contributed by atoms with E-state index in [0.717, 1.165) is 34.6 Å². The minimum Gasteiger partial charge on any atom is -0.456 e. The first-order chi connectivity index (χ1) is 12.6. The Bertz CT molecular complexity index is 709. The number of esters is 1. The van der Waals surface area contributed by atoms with Gasteiger partial charge < -0.3 is 10.1 Å². The molecule has 2 rings (SSSR count). The molecule has 0 heterocycles. The number of hydrogen-bond acceptors (Lipinski definition) is 4. The second-order valence-corrected chi connectivity index (χ2v) is 6.95. The van der Waals surface area contributed by atoms with E-state index in [1.54, 1.807) is 11.8 Å². The standard InChI is InChI=1S/C21H25NO3S/c1-3-16-9-8-10-17(4-2)21(16)22-19(23)15-25-20(24)13-14-26-18-11-6-5-7-12-18/h5-12H,3-4,13-15H2,1-2H3,(H,22,23). The van der Waals surface area contributed by atoms with Crippen LogP contribution in [0, 0.1) is 0 Å². The highest BCUT2D eigenvalue weighted by molar-refractivity contribution is 7.99. The van der Waals surface area contributed by atoms with Crippen molar-refractivity contribution >= 4 is 29.3 Å². The Balaban J connectivity index is 1.77. The zero-order chi connectivity index (χ0) is 18.8. The molecule has 2 aromatic rings. The van der Waals surface area contributed by atoms with E-state index in [1.807, 2.05) is 48.5 Å². The molecule has 0 aromatic heterocycles. The van der Waals surface area contributed by atoms with Gasteiger partial charge in [0.2, 0.25) is 0 Å². The lowest BCUT2D eigenvalue weighted by molar-refractivity contribution is -0.146. The Labute approximate surface area is 159 Å². The number of carbonyl (C=O) groups is 2. The molecule has 5 heteroatoms. The fourth-order valence-electron chi connectivity index (χ4n) is 2.57. The van der Waals surface area contributed by atoms with Crippen molar-refractivity contribution in [2.45, 2.75) is 38.0 Å². The van der Waals surface area contributed by atoms with Gasteiger partial charge in [-0.05, 0) is 36.1 Å². The average Bonchev–Trinajstić information content (AvgIpc) is 2.67. The number of carbonyl (C=O) groups excluding carboxylic acids is 2. The van der Waals surface area contributed by atoms with E-state index in [1.165, 1.54) is 0 Å². The number of thioether (sulfide) groups is 1.